The summed E-state index contributed by atoms with van der Waals surface area (Å²) < 4.78 is 11.7. The number of rotatable bonds is 6. The molecule has 2 aliphatic rings. The Morgan fingerprint density at radius 1 is 1.25 bits per heavy atom. The fourth-order valence-electron chi connectivity index (χ4n) is 3.69. The van der Waals surface area contributed by atoms with Gasteiger partial charge in [-0.1, -0.05) is 13.8 Å². The van der Waals surface area contributed by atoms with E-state index in [9.17, 15) is 5.11 Å². The number of aliphatic hydroxyl groups excluding tert-OH is 1. The Morgan fingerprint density at radius 3 is 2.50 bits per heavy atom. The van der Waals surface area contributed by atoms with Crippen molar-refractivity contribution in [2.75, 3.05) is 13.2 Å². The second kappa shape index (κ2) is 6.76. The molecule has 0 aromatic carbocycles. The Bertz CT molecular complexity index is 285. The Hall–Kier alpha value is -0.120. The Balaban J connectivity index is 1.89. The molecule has 1 saturated heterocycles. The summed E-state index contributed by atoms with van der Waals surface area (Å²) in [5, 5.41) is 10.7. The summed E-state index contributed by atoms with van der Waals surface area (Å²) >= 11 is 0. The lowest BCUT2D eigenvalue weighted by Gasteiger charge is -2.46. The first-order valence-electron chi connectivity index (χ1n) is 8.41. The van der Waals surface area contributed by atoms with Gasteiger partial charge in [0.25, 0.3) is 0 Å². The Kier molecular flexibility index (Phi) is 5.49. The zero-order valence-electron chi connectivity index (χ0n) is 13.5. The maximum Gasteiger partial charge on any atom is 0.0940 e. The van der Waals surface area contributed by atoms with E-state index >= 15 is 0 Å². The second-order valence-electron chi connectivity index (χ2n) is 7.39. The fourth-order valence-corrected chi connectivity index (χ4v) is 3.69. The summed E-state index contributed by atoms with van der Waals surface area (Å²) in [5.74, 6) is 0. The van der Waals surface area contributed by atoms with Crippen molar-refractivity contribution in [3.63, 3.8) is 0 Å². The highest BCUT2D eigenvalue weighted by atomic mass is 16.5. The van der Waals surface area contributed by atoms with E-state index in [1.807, 2.05) is 6.92 Å². The van der Waals surface area contributed by atoms with Crippen LogP contribution in [-0.2, 0) is 9.47 Å². The molecule has 1 N–H and O–H groups in total. The van der Waals surface area contributed by atoms with Crippen LogP contribution >= 0.6 is 0 Å². The van der Waals surface area contributed by atoms with Crippen LogP contribution in [0.4, 0.5) is 0 Å². The standard InChI is InChI=1S/C17H32O3/c1-4-20-17(11-9-16(2,3)10-12-17)15(18)8-7-14-6-5-13-19-14/h14-15,18H,4-13H2,1-3H3. The van der Waals surface area contributed by atoms with Crippen LogP contribution < -0.4 is 0 Å². The first-order valence-corrected chi connectivity index (χ1v) is 8.41. The van der Waals surface area contributed by atoms with Gasteiger partial charge in [-0.05, 0) is 63.7 Å². The molecular weight excluding hydrogens is 252 g/mol. The van der Waals surface area contributed by atoms with Crippen LogP contribution in [-0.4, -0.2) is 36.1 Å². The molecule has 2 atom stereocenters. The van der Waals surface area contributed by atoms with Crippen molar-refractivity contribution >= 4 is 0 Å². The molecule has 2 unspecified atom stereocenters. The van der Waals surface area contributed by atoms with Gasteiger partial charge in [-0.15, -0.1) is 0 Å². The van der Waals surface area contributed by atoms with Crippen LogP contribution in [0.15, 0.2) is 0 Å². The smallest absolute Gasteiger partial charge is 0.0940 e. The SMILES string of the molecule is CCOC1(C(O)CCC2CCCO2)CCC(C)(C)CC1. The Labute approximate surface area is 124 Å². The minimum Gasteiger partial charge on any atom is -0.390 e. The summed E-state index contributed by atoms with van der Waals surface area (Å²) in [6.07, 6.45) is 8.39. The number of aliphatic hydroxyl groups is 1. The maximum absolute atomic E-state index is 10.7. The minimum absolute atomic E-state index is 0.303. The van der Waals surface area contributed by atoms with Crippen LogP contribution in [0.2, 0.25) is 0 Å². The average molecular weight is 284 g/mol. The fraction of sp³-hybridized carbons (Fsp3) is 1.00. The number of hydrogen-bond acceptors (Lipinski definition) is 3. The molecular formula is C17H32O3. The highest BCUT2D eigenvalue weighted by Gasteiger charge is 2.44. The van der Waals surface area contributed by atoms with Gasteiger partial charge < -0.3 is 14.6 Å². The minimum atomic E-state index is -0.345. The predicted molar refractivity (Wildman–Crippen MR) is 80.8 cm³/mol. The molecule has 1 aliphatic heterocycles. The maximum atomic E-state index is 10.7. The molecule has 2 rings (SSSR count). The lowest BCUT2D eigenvalue weighted by atomic mass is 9.68. The monoisotopic (exact) mass is 284 g/mol. The van der Waals surface area contributed by atoms with Gasteiger partial charge in [0.15, 0.2) is 0 Å². The van der Waals surface area contributed by atoms with E-state index in [1.165, 1.54) is 6.42 Å². The van der Waals surface area contributed by atoms with Crippen molar-refractivity contribution in [3.05, 3.63) is 0 Å². The quantitative estimate of drug-likeness (QED) is 0.808. The molecule has 3 nitrogen and oxygen atoms in total. The zero-order valence-corrected chi connectivity index (χ0v) is 13.5. The van der Waals surface area contributed by atoms with Gasteiger partial charge in [0.05, 0.1) is 17.8 Å². The van der Waals surface area contributed by atoms with Crippen LogP contribution in [0.25, 0.3) is 0 Å². The van der Waals surface area contributed by atoms with Gasteiger partial charge in [0.2, 0.25) is 0 Å². The molecule has 0 spiro atoms. The van der Waals surface area contributed by atoms with E-state index in [-0.39, 0.29) is 11.7 Å². The molecule has 1 heterocycles. The third kappa shape index (κ3) is 3.96. The molecule has 0 aromatic heterocycles. The molecule has 118 valence electrons. The van der Waals surface area contributed by atoms with E-state index in [1.54, 1.807) is 0 Å². The molecule has 0 bridgehead atoms. The summed E-state index contributed by atoms with van der Waals surface area (Å²) in [6.45, 7) is 8.26. The van der Waals surface area contributed by atoms with E-state index in [2.05, 4.69) is 13.8 Å². The van der Waals surface area contributed by atoms with Crippen molar-refractivity contribution in [2.24, 2.45) is 5.41 Å². The number of hydrogen-bond donors (Lipinski definition) is 1. The molecule has 0 radical (unpaired) electrons. The van der Waals surface area contributed by atoms with Gasteiger partial charge in [-0.3, -0.25) is 0 Å². The van der Waals surface area contributed by atoms with Gasteiger partial charge in [-0.2, -0.15) is 0 Å². The summed E-state index contributed by atoms with van der Waals surface area (Å²) in [5.41, 5.74) is 0.0950. The topological polar surface area (TPSA) is 38.7 Å². The van der Waals surface area contributed by atoms with E-state index in [4.69, 9.17) is 9.47 Å². The third-order valence-electron chi connectivity index (χ3n) is 5.28. The second-order valence-corrected chi connectivity index (χ2v) is 7.39. The van der Waals surface area contributed by atoms with Crippen molar-refractivity contribution in [1.29, 1.82) is 0 Å². The summed E-state index contributed by atoms with van der Waals surface area (Å²) in [7, 11) is 0. The van der Waals surface area contributed by atoms with Crippen LogP contribution in [0.3, 0.4) is 0 Å². The van der Waals surface area contributed by atoms with Crippen molar-refractivity contribution in [2.45, 2.75) is 89.9 Å². The molecule has 2 fully saturated rings. The van der Waals surface area contributed by atoms with E-state index in [0.29, 0.717) is 18.1 Å². The lowest BCUT2D eigenvalue weighted by molar-refractivity contribution is -0.154. The van der Waals surface area contributed by atoms with Crippen molar-refractivity contribution < 1.29 is 14.6 Å². The molecule has 0 aromatic rings. The normalized spacial score (nSPS) is 30.3. The molecule has 1 aliphatic carbocycles. The van der Waals surface area contributed by atoms with Gasteiger partial charge in [0.1, 0.15) is 0 Å². The van der Waals surface area contributed by atoms with Gasteiger partial charge in [0, 0.05) is 13.2 Å². The summed E-state index contributed by atoms with van der Waals surface area (Å²) in [4.78, 5) is 0. The average Bonchev–Trinajstić information content (AvgIpc) is 2.92. The van der Waals surface area contributed by atoms with Crippen LogP contribution in [0, 0.1) is 5.41 Å². The van der Waals surface area contributed by atoms with Crippen molar-refractivity contribution in [3.8, 4) is 0 Å². The van der Waals surface area contributed by atoms with E-state index < -0.39 is 0 Å². The number of ether oxygens (including phenoxy) is 2. The highest BCUT2D eigenvalue weighted by molar-refractivity contribution is 4.95. The largest absolute Gasteiger partial charge is 0.390 e. The molecule has 1 saturated carbocycles. The molecule has 20 heavy (non-hydrogen) atoms. The van der Waals surface area contributed by atoms with Gasteiger partial charge >= 0.3 is 0 Å². The molecule has 0 amide bonds. The van der Waals surface area contributed by atoms with Crippen LogP contribution in [0.1, 0.15) is 72.1 Å². The summed E-state index contributed by atoms with van der Waals surface area (Å²) in [6, 6.07) is 0. The van der Waals surface area contributed by atoms with Gasteiger partial charge in [-0.25, -0.2) is 0 Å². The van der Waals surface area contributed by atoms with Crippen molar-refractivity contribution in [1.82, 2.24) is 0 Å². The first kappa shape index (κ1) is 16.3. The molecule has 3 heteroatoms. The zero-order chi connectivity index (χ0) is 14.6. The van der Waals surface area contributed by atoms with Crippen LogP contribution in [0.5, 0.6) is 0 Å². The lowest BCUT2D eigenvalue weighted by Crippen LogP contribution is -2.49. The Morgan fingerprint density at radius 2 is 1.95 bits per heavy atom. The first-order chi connectivity index (χ1) is 9.47. The third-order valence-corrected chi connectivity index (χ3v) is 5.28. The van der Waals surface area contributed by atoms with E-state index in [0.717, 1.165) is 51.6 Å². The predicted octanol–water partition coefficient (Wildman–Crippen LogP) is 3.68. The highest BCUT2D eigenvalue weighted by Crippen LogP contribution is 2.44.